The van der Waals surface area contributed by atoms with E-state index < -0.39 is 11.8 Å². The maximum absolute atomic E-state index is 13.5. The number of ketones is 1. The molecule has 206 valence electrons. The van der Waals surface area contributed by atoms with Gasteiger partial charge in [0, 0.05) is 16.8 Å². The fourth-order valence-electron chi connectivity index (χ4n) is 4.37. The Kier molecular flexibility index (Phi) is 8.65. The molecule has 6 heteroatoms. The van der Waals surface area contributed by atoms with Crippen LogP contribution in [0, 0.1) is 0 Å². The second kappa shape index (κ2) is 13.1. The molecule has 0 heterocycles. The highest BCUT2D eigenvalue weighted by atomic mass is 16.5. The Hall–Kier alpha value is -5.75. The molecule has 6 nitrogen and oxygen atoms in total. The topological polar surface area (TPSA) is 84.5 Å². The fraction of sp³-hybridized carbons (Fsp3) is 0.0278. The Balaban J connectivity index is 1.35. The maximum Gasteiger partial charge on any atom is 0.272 e. The second-order valence-electron chi connectivity index (χ2n) is 9.45. The summed E-state index contributed by atoms with van der Waals surface area (Å²) in [7, 11) is 1.60. The van der Waals surface area contributed by atoms with Crippen molar-refractivity contribution in [2.45, 2.75) is 0 Å². The van der Waals surface area contributed by atoms with Crippen molar-refractivity contribution in [3.63, 3.8) is 0 Å². The van der Waals surface area contributed by atoms with Gasteiger partial charge in [-0.3, -0.25) is 14.4 Å². The summed E-state index contributed by atoms with van der Waals surface area (Å²) in [6.45, 7) is 0. The molecule has 5 rings (SSSR count). The van der Waals surface area contributed by atoms with Crippen LogP contribution in [0.25, 0.3) is 22.9 Å². The molecule has 0 bridgehead atoms. The van der Waals surface area contributed by atoms with Crippen molar-refractivity contribution >= 4 is 46.2 Å². The highest BCUT2D eigenvalue weighted by molar-refractivity contribution is 6.12. The quantitative estimate of drug-likeness (QED) is 0.150. The third-order valence-electron chi connectivity index (χ3n) is 6.62. The molecule has 0 radical (unpaired) electrons. The predicted molar refractivity (Wildman–Crippen MR) is 167 cm³/mol. The summed E-state index contributed by atoms with van der Waals surface area (Å²) in [6.07, 6.45) is 4.90. The van der Waals surface area contributed by atoms with Crippen molar-refractivity contribution in [1.82, 2.24) is 5.32 Å². The minimum atomic E-state index is -0.495. The first-order valence-electron chi connectivity index (χ1n) is 13.3. The molecule has 2 N–H and O–H groups in total. The lowest BCUT2D eigenvalue weighted by Crippen LogP contribution is -2.30. The van der Waals surface area contributed by atoms with Gasteiger partial charge in [-0.1, -0.05) is 78.9 Å². The Morgan fingerprint density at radius 3 is 2.12 bits per heavy atom. The molecule has 0 aliphatic carbocycles. The lowest BCUT2D eigenvalue weighted by Gasteiger charge is -2.12. The minimum absolute atomic E-state index is 0.0859. The third-order valence-corrected chi connectivity index (χ3v) is 6.62. The number of rotatable bonds is 9. The summed E-state index contributed by atoms with van der Waals surface area (Å²) < 4.78 is 5.16. The Bertz CT molecular complexity index is 1780. The molecule has 5 aromatic rings. The van der Waals surface area contributed by atoms with Crippen molar-refractivity contribution < 1.29 is 19.1 Å². The maximum atomic E-state index is 13.5. The highest BCUT2D eigenvalue weighted by Gasteiger charge is 2.16. The van der Waals surface area contributed by atoms with E-state index in [-0.39, 0.29) is 11.5 Å². The summed E-state index contributed by atoms with van der Waals surface area (Å²) in [5, 5.41) is 7.58. The average molecular weight is 553 g/mol. The normalized spacial score (nSPS) is 11.3. The summed E-state index contributed by atoms with van der Waals surface area (Å²) in [5.74, 6) is -0.325. The fourth-order valence-corrected chi connectivity index (χ4v) is 4.37. The van der Waals surface area contributed by atoms with Gasteiger partial charge in [0.05, 0.1) is 7.11 Å². The van der Waals surface area contributed by atoms with Crippen LogP contribution in [0.5, 0.6) is 5.75 Å². The van der Waals surface area contributed by atoms with Crippen molar-refractivity contribution in [3.05, 3.63) is 155 Å². The number of carbonyl (C=O) groups excluding carboxylic acids is 3. The van der Waals surface area contributed by atoms with E-state index in [1.165, 1.54) is 6.08 Å². The van der Waals surface area contributed by atoms with Crippen LogP contribution >= 0.6 is 0 Å². The van der Waals surface area contributed by atoms with E-state index in [1.54, 1.807) is 67.8 Å². The number of fused-ring (bicyclic) bond motifs is 1. The van der Waals surface area contributed by atoms with Crippen LogP contribution in [-0.2, 0) is 4.79 Å². The van der Waals surface area contributed by atoms with Crippen LogP contribution in [0.2, 0.25) is 0 Å². The number of hydrogen-bond acceptors (Lipinski definition) is 4. The molecule has 0 aliphatic rings. The molecule has 0 fully saturated rings. The van der Waals surface area contributed by atoms with Crippen molar-refractivity contribution in [3.8, 4) is 5.75 Å². The van der Waals surface area contributed by atoms with E-state index in [4.69, 9.17) is 4.74 Å². The largest absolute Gasteiger partial charge is 0.497 e. The number of benzene rings is 5. The number of anilines is 1. The van der Waals surface area contributed by atoms with Gasteiger partial charge in [0.1, 0.15) is 11.4 Å². The molecule has 0 aromatic heterocycles. The number of allylic oxidation sites excluding steroid dienone is 1. The lowest BCUT2D eigenvalue weighted by atomic mass is 10.0. The Labute approximate surface area is 244 Å². The molecular formula is C36H28N2O4. The van der Waals surface area contributed by atoms with Crippen LogP contribution in [-0.4, -0.2) is 24.7 Å². The summed E-state index contributed by atoms with van der Waals surface area (Å²) in [5.41, 5.74) is 3.13. The van der Waals surface area contributed by atoms with Gasteiger partial charge in [-0.25, -0.2) is 0 Å². The first-order valence-corrected chi connectivity index (χ1v) is 13.3. The third kappa shape index (κ3) is 6.87. The highest BCUT2D eigenvalue weighted by Crippen LogP contribution is 2.21. The standard InChI is InChI=1S/C36H28N2O4/c1-42-31-21-14-25(15-22-31)16-23-34(39)27-17-19-30(20-18-27)37-36(41)33(38-35(40)28-9-3-2-4-10-28)24-29-12-7-11-26-8-5-6-13-32(26)29/h2-24H,1H3,(H,37,41)(H,38,40)/b23-16+,33-24-. The first kappa shape index (κ1) is 27.8. The molecule has 5 aromatic carbocycles. The monoisotopic (exact) mass is 552 g/mol. The molecule has 42 heavy (non-hydrogen) atoms. The predicted octanol–water partition coefficient (Wildman–Crippen LogP) is 7.15. The van der Waals surface area contributed by atoms with Crippen LogP contribution in [0.3, 0.4) is 0 Å². The van der Waals surface area contributed by atoms with Crippen molar-refractivity contribution in [2.75, 3.05) is 12.4 Å². The second-order valence-corrected chi connectivity index (χ2v) is 9.45. The zero-order valence-corrected chi connectivity index (χ0v) is 22.9. The lowest BCUT2D eigenvalue weighted by molar-refractivity contribution is -0.113. The van der Waals surface area contributed by atoms with E-state index in [9.17, 15) is 14.4 Å². The van der Waals surface area contributed by atoms with Gasteiger partial charge < -0.3 is 15.4 Å². The van der Waals surface area contributed by atoms with Gasteiger partial charge in [0.25, 0.3) is 11.8 Å². The van der Waals surface area contributed by atoms with Gasteiger partial charge in [0.2, 0.25) is 0 Å². The average Bonchev–Trinajstić information content (AvgIpc) is 3.04. The van der Waals surface area contributed by atoms with E-state index >= 15 is 0 Å². The van der Waals surface area contributed by atoms with E-state index in [1.807, 2.05) is 72.8 Å². The minimum Gasteiger partial charge on any atom is -0.497 e. The zero-order chi connectivity index (χ0) is 29.3. The molecule has 0 spiro atoms. The Morgan fingerprint density at radius 1 is 0.690 bits per heavy atom. The number of methoxy groups -OCH3 is 1. The van der Waals surface area contributed by atoms with Crippen molar-refractivity contribution in [2.24, 2.45) is 0 Å². The summed E-state index contributed by atoms with van der Waals surface area (Å²) in [4.78, 5) is 39.2. The molecule has 2 amide bonds. The van der Waals surface area contributed by atoms with Gasteiger partial charge in [-0.15, -0.1) is 0 Å². The zero-order valence-electron chi connectivity index (χ0n) is 22.9. The summed E-state index contributed by atoms with van der Waals surface area (Å²) in [6, 6.07) is 36.3. The molecule has 0 unspecified atom stereocenters. The SMILES string of the molecule is COc1ccc(/C=C/C(=O)c2ccc(NC(=O)/C(=C/c3cccc4ccccc34)NC(=O)c3ccccc3)cc2)cc1. The van der Waals surface area contributed by atoms with Gasteiger partial charge >= 0.3 is 0 Å². The van der Waals surface area contributed by atoms with Crippen LogP contribution in [0.1, 0.15) is 31.8 Å². The smallest absolute Gasteiger partial charge is 0.272 e. The molecule has 0 aliphatic heterocycles. The van der Waals surface area contributed by atoms with Gasteiger partial charge in [-0.2, -0.15) is 0 Å². The van der Waals surface area contributed by atoms with Crippen LogP contribution in [0.4, 0.5) is 5.69 Å². The number of carbonyl (C=O) groups is 3. The van der Waals surface area contributed by atoms with Crippen LogP contribution < -0.4 is 15.4 Å². The summed E-state index contributed by atoms with van der Waals surface area (Å²) >= 11 is 0. The number of nitrogens with one attached hydrogen (secondary N) is 2. The van der Waals surface area contributed by atoms with Gasteiger partial charge in [-0.05, 0) is 82.6 Å². The number of hydrogen-bond donors (Lipinski definition) is 2. The molecular weight excluding hydrogens is 524 g/mol. The van der Waals surface area contributed by atoms with Crippen LogP contribution in [0.15, 0.2) is 133 Å². The molecule has 0 saturated heterocycles. The number of amides is 2. The Morgan fingerprint density at radius 2 is 1.38 bits per heavy atom. The van der Waals surface area contributed by atoms with E-state index in [0.717, 1.165) is 27.6 Å². The van der Waals surface area contributed by atoms with Crippen molar-refractivity contribution in [1.29, 1.82) is 0 Å². The molecule has 0 atom stereocenters. The van der Waals surface area contributed by atoms with Gasteiger partial charge in [0.15, 0.2) is 5.78 Å². The molecule has 0 saturated carbocycles. The number of ether oxygens (including phenoxy) is 1. The van der Waals surface area contributed by atoms with E-state index in [0.29, 0.717) is 16.8 Å². The van der Waals surface area contributed by atoms with E-state index in [2.05, 4.69) is 10.6 Å². The first-order chi connectivity index (χ1) is 20.5.